The van der Waals surface area contributed by atoms with Crippen LogP contribution in [-0.4, -0.2) is 146 Å². The van der Waals surface area contributed by atoms with Crippen molar-refractivity contribution in [3.63, 3.8) is 0 Å². The number of nitrogens with zero attached hydrogens (tertiary/aromatic N) is 2. The van der Waals surface area contributed by atoms with E-state index in [2.05, 4.69) is 49.5 Å². The summed E-state index contributed by atoms with van der Waals surface area (Å²) in [5.41, 5.74) is 10.2. The summed E-state index contributed by atoms with van der Waals surface area (Å²) in [5.74, 6) is -15.5. The van der Waals surface area contributed by atoms with Gasteiger partial charge in [0.2, 0.25) is 35.4 Å². The topological polar surface area (TPSA) is 391 Å². The van der Waals surface area contributed by atoms with Crippen molar-refractivity contribution in [3.05, 3.63) is 23.8 Å². The number of carboxylic acids is 2. The number of phenols is 2. The van der Waals surface area contributed by atoms with E-state index in [9.17, 15) is 68.4 Å². The molecule has 1 aliphatic heterocycles. The van der Waals surface area contributed by atoms with Gasteiger partial charge < -0.3 is 63.8 Å². The Morgan fingerprint density at radius 3 is 1.84 bits per heavy atom. The number of nitrogens with one attached hydrogen (secondary N) is 6. The number of amides is 8. The van der Waals surface area contributed by atoms with Crippen LogP contribution >= 0.6 is 12.6 Å². The van der Waals surface area contributed by atoms with Crippen LogP contribution in [0.1, 0.15) is 49.9 Å². The molecule has 1 aromatic carbocycles. The molecular formula is C33H46N10O14S. The van der Waals surface area contributed by atoms with Gasteiger partial charge in [-0.3, -0.25) is 57.8 Å². The van der Waals surface area contributed by atoms with Crippen LogP contribution in [0.5, 0.6) is 11.5 Å². The maximum atomic E-state index is 14.0. The monoisotopic (exact) mass is 838 g/mol. The SMILES string of the molecule is CC(C)[C@@H]1NC(=O)[C@H](CC(=O)O)NC(=O)[C@H](CC(=O)O)NC(=O)CNC(=O)[C@H](CCCN=C(N)N)NC(=O)CN(C(=O)c2cc(O)cc(O)c2)C(=O)[C@H](CS)NC1=O. The third kappa shape index (κ3) is 15.1. The molecule has 58 heavy (non-hydrogen) atoms. The molecule has 14 N–H and O–H groups in total. The van der Waals surface area contributed by atoms with E-state index in [1.165, 1.54) is 13.8 Å². The van der Waals surface area contributed by atoms with Crippen molar-refractivity contribution in [3.8, 4) is 11.5 Å². The number of aromatic hydroxyl groups is 2. The summed E-state index contributed by atoms with van der Waals surface area (Å²) in [6, 6.07) is -6.07. The lowest BCUT2D eigenvalue weighted by molar-refractivity contribution is -0.143. The molecule has 0 saturated carbocycles. The van der Waals surface area contributed by atoms with Gasteiger partial charge in [-0.1, -0.05) is 13.8 Å². The van der Waals surface area contributed by atoms with Crippen LogP contribution in [0.25, 0.3) is 0 Å². The highest BCUT2D eigenvalue weighted by Crippen LogP contribution is 2.22. The number of phenolic OH excluding ortho intramolecular Hbond substituents is 2. The smallest absolute Gasteiger partial charge is 0.305 e. The molecule has 0 radical (unpaired) electrons. The summed E-state index contributed by atoms with van der Waals surface area (Å²) in [4.78, 5) is 135. The van der Waals surface area contributed by atoms with Gasteiger partial charge >= 0.3 is 11.9 Å². The highest BCUT2D eigenvalue weighted by atomic mass is 32.1. The first kappa shape index (κ1) is 47.5. The van der Waals surface area contributed by atoms with Crippen LogP contribution < -0.4 is 43.4 Å². The third-order valence-corrected chi connectivity index (χ3v) is 8.43. The number of imide groups is 1. The number of benzene rings is 1. The summed E-state index contributed by atoms with van der Waals surface area (Å²) in [5, 5.41) is 52.2. The standard InChI is InChI=1S/C33H46N10O14S/c1-14(2)26-30(55)41-21(13-58)32(57)43(31(56)15-6-16(44)8-17(45)7-15)12-23(47)38-18(4-3-5-36-33(34)35)27(52)37-11-22(46)39-19(9-24(48)49)28(53)40-20(10-25(50)51)29(54)42-26/h6-8,14,18-21,26,44-45,58H,3-5,9-13H2,1-2H3,(H,37,52)(H,38,47)(H,39,46)(H,40,53)(H,41,55)(H,42,54)(H,48,49)(H,50,51)(H4,34,35,36)/t18-,19-,20-,21-,26-/m0/s1. The molecule has 5 atom stereocenters. The maximum absolute atomic E-state index is 14.0. The number of guanidine groups is 1. The predicted molar refractivity (Wildman–Crippen MR) is 202 cm³/mol. The molecule has 0 aliphatic carbocycles. The van der Waals surface area contributed by atoms with E-state index in [0.29, 0.717) is 4.90 Å². The fourth-order valence-electron chi connectivity index (χ4n) is 5.28. The molecule has 25 heteroatoms. The van der Waals surface area contributed by atoms with E-state index in [1.807, 2.05) is 0 Å². The minimum Gasteiger partial charge on any atom is -0.508 e. The lowest BCUT2D eigenvalue weighted by Crippen LogP contribution is -2.61. The van der Waals surface area contributed by atoms with Gasteiger partial charge in [0, 0.05) is 23.9 Å². The zero-order valence-electron chi connectivity index (χ0n) is 31.2. The molecule has 24 nitrogen and oxygen atoms in total. The van der Waals surface area contributed by atoms with Crippen LogP contribution in [0.2, 0.25) is 0 Å². The third-order valence-electron chi connectivity index (χ3n) is 8.07. The van der Waals surface area contributed by atoms with Crippen molar-refractivity contribution in [2.45, 2.75) is 69.7 Å². The van der Waals surface area contributed by atoms with E-state index >= 15 is 0 Å². The highest BCUT2D eigenvalue weighted by molar-refractivity contribution is 7.80. The van der Waals surface area contributed by atoms with Gasteiger partial charge in [-0.2, -0.15) is 12.6 Å². The largest absolute Gasteiger partial charge is 0.508 e. The van der Waals surface area contributed by atoms with Gasteiger partial charge in [-0.05, 0) is 30.9 Å². The van der Waals surface area contributed by atoms with E-state index in [4.69, 9.17) is 11.5 Å². The van der Waals surface area contributed by atoms with Crippen molar-refractivity contribution in [1.29, 1.82) is 0 Å². The number of aliphatic imine (C=N–C) groups is 1. The molecule has 8 amide bonds. The molecule has 1 aliphatic rings. The van der Waals surface area contributed by atoms with E-state index in [-0.39, 0.29) is 25.3 Å². The van der Waals surface area contributed by atoms with Crippen LogP contribution in [0.4, 0.5) is 0 Å². The Balaban J connectivity index is 2.71. The normalized spacial score (nSPS) is 21.9. The lowest BCUT2D eigenvalue weighted by atomic mass is 10.0. The molecule has 1 fully saturated rings. The van der Waals surface area contributed by atoms with Gasteiger partial charge in [0.15, 0.2) is 5.96 Å². The minimum absolute atomic E-state index is 0.0422. The zero-order chi connectivity index (χ0) is 43.9. The molecule has 1 heterocycles. The van der Waals surface area contributed by atoms with Gasteiger partial charge in [0.1, 0.15) is 48.3 Å². The number of thiol groups is 1. The van der Waals surface area contributed by atoms with Gasteiger partial charge in [0.05, 0.1) is 19.4 Å². The molecule has 0 aromatic heterocycles. The van der Waals surface area contributed by atoms with Crippen LogP contribution in [0.3, 0.4) is 0 Å². The van der Waals surface area contributed by atoms with Crippen LogP contribution in [0, 0.1) is 5.92 Å². The summed E-state index contributed by atoms with van der Waals surface area (Å²) in [7, 11) is 0. The predicted octanol–water partition coefficient (Wildman–Crippen LogP) is -4.79. The second-order valence-electron chi connectivity index (χ2n) is 13.1. The average molecular weight is 839 g/mol. The number of nitrogens with two attached hydrogens (primary N) is 2. The number of aliphatic carboxylic acids is 2. The molecule has 1 aromatic rings. The van der Waals surface area contributed by atoms with Crippen molar-refractivity contribution in [2.24, 2.45) is 22.4 Å². The number of carbonyl (C=O) groups excluding carboxylic acids is 8. The van der Waals surface area contributed by atoms with Crippen molar-refractivity contribution in [1.82, 2.24) is 36.8 Å². The van der Waals surface area contributed by atoms with E-state index in [0.717, 1.165) is 18.2 Å². The second kappa shape index (κ2) is 22.2. The van der Waals surface area contributed by atoms with Gasteiger partial charge in [-0.25, -0.2) is 0 Å². The Morgan fingerprint density at radius 1 is 0.776 bits per heavy atom. The van der Waals surface area contributed by atoms with E-state index in [1.54, 1.807) is 0 Å². The second-order valence-corrected chi connectivity index (χ2v) is 13.5. The highest BCUT2D eigenvalue weighted by Gasteiger charge is 2.37. The minimum atomic E-state index is -1.95. The Morgan fingerprint density at radius 2 is 1.31 bits per heavy atom. The van der Waals surface area contributed by atoms with Crippen molar-refractivity contribution in [2.75, 3.05) is 25.4 Å². The summed E-state index contributed by atoms with van der Waals surface area (Å²) < 4.78 is 0. The number of hydrogen-bond donors (Lipinski definition) is 13. The fraction of sp³-hybridized carbons (Fsp3) is 0.485. The molecule has 0 spiro atoms. The summed E-state index contributed by atoms with van der Waals surface area (Å²) in [6.45, 7) is 0.797. The quantitative estimate of drug-likeness (QED) is 0.0327. The molecule has 1 saturated heterocycles. The number of rotatable bonds is 11. The van der Waals surface area contributed by atoms with Crippen molar-refractivity contribution < 1.29 is 68.4 Å². The first-order chi connectivity index (χ1) is 27.1. The Kier molecular flexibility index (Phi) is 18.2. The number of carbonyl (C=O) groups is 10. The van der Waals surface area contributed by atoms with E-state index < -0.39 is 144 Å². The number of hydrogen-bond acceptors (Lipinski definition) is 14. The number of carboxylic acid groups (broad SMARTS) is 2. The fourth-order valence-corrected chi connectivity index (χ4v) is 5.53. The first-order valence-electron chi connectivity index (χ1n) is 17.4. The van der Waals surface area contributed by atoms with Gasteiger partial charge in [-0.15, -0.1) is 0 Å². The summed E-state index contributed by atoms with van der Waals surface area (Å²) >= 11 is 4.11. The molecular weight excluding hydrogens is 792 g/mol. The Labute approximate surface area is 335 Å². The Bertz CT molecular complexity index is 1780. The maximum Gasteiger partial charge on any atom is 0.305 e. The van der Waals surface area contributed by atoms with Crippen molar-refractivity contribution >= 4 is 77.8 Å². The molecule has 0 unspecified atom stereocenters. The zero-order valence-corrected chi connectivity index (χ0v) is 32.1. The molecule has 0 bridgehead atoms. The average Bonchev–Trinajstić information content (AvgIpc) is 3.12. The molecule has 2 rings (SSSR count). The van der Waals surface area contributed by atoms with Crippen LogP contribution in [-0.2, 0) is 43.2 Å². The summed E-state index contributed by atoms with van der Waals surface area (Å²) in [6.07, 6.45) is -2.31. The Hall–Kier alpha value is -6.66. The first-order valence-corrected chi connectivity index (χ1v) is 18.0. The lowest BCUT2D eigenvalue weighted by Gasteiger charge is -2.29. The van der Waals surface area contributed by atoms with Gasteiger partial charge in [0.25, 0.3) is 11.8 Å². The van der Waals surface area contributed by atoms with Crippen LogP contribution in [0.15, 0.2) is 23.2 Å². The molecule has 318 valence electrons.